The van der Waals surface area contributed by atoms with Crippen LogP contribution in [0.1, 0.15) is 20.7 Å². The lowest BCUT2D eigenvalue weighted by Crippen LogP contribution is -2.16. The van der Waals surface area contributed by atoms with Crippen molar-refractivity contribution in [1.29, 1.82) is 0 Å². The third kappa shape index (κ3) is 4.10. The van der Waals surface area contributed by atoms with Crippen LogP contribution in [-0.4, -0.2) is 11.8 Å². The first kappa shape index (κ1) is 17.3. The number of rotatable bonds is 4. The van der Waals surface area contributed by atoms with Gasteiger partial charge < -0.3 is 10.6 Å². The molecule has 0 aliphatic carbocycles. The van der Waals surface area contributed by atoms with Crippen LogP contribution < -0.4 is 10.6 Å². The zero-order valence-electron chi connectivity index (χ0n) is 13.5. The Labute approximate surface area is 148 Å². The van der Waals surface area contributed by atoms with Gasteiger partial charge in [0.15, 0.2) is 0 Å². The Morgan fingerprint density at radius 1 is 0.692 bits per heavy atom. The van der Waals surface area contributed by atoms with Crippen LogP contribution in [0.25, 0.3) is 0 Å². The van der Waals surface area contributed by atoms with Gasteiger partial charge in [-0.05, 0) is 42.5 Å². The van der Waals surface area contributed by atoms with E-state index in [2.05, 4.69) is 10.6 Å². The summed E-state index contributed by atoms with van der Waals surface area (Å²) in [6, 6.07) is 17.8. The largest absolute Gasteiger partial charge is 0.322 e. The molecule has 0 bridgehead atoms. The summed E-state index contributed by atoms with van der Waals surface area (Å²) >= 11 is 0. The quantitative estimate of drug-likeness (QED) is 0.728. The zero-order chi connectivity index (χ0) is 18.5. The van der Waals surface area contributed by atoms with E-state index in [9.17, 15) is 18.4 Å². The summed E-state index contributed by atoms with van der Waals surface area (Å²) in [5, 5.41) is 5.07. The van der Waals surface area contributed by atoms with Gasteiger partial charge in [0.2, 0.25) is 0 Å². The summed E-state index contributed by atoms with van der Waals surface area (Å²) in [5.74, 6) is -2.60. The lowest BCUT2D eigenvalue weighted by Gasteiger charge is -2.09. The van der Waals surface area contributed by atoms with E-state index < -0.39 is 17.5 Å². The van der Waals surface area contributed by atoms with Gasteiger partial charge in [0.25, 0.3) is 11.8 Å². The maximum Gasteiger partial charge on any atom is 0.255 e. The van der Waals surface area contributed by atoms with E-state index >= 15 is 0 Å². The average Bonchev–Trinajstić information content (AvgIpc) is 2.65. The Hall–Kier alpha value is -3.54. The molecule has 3 rings (SSSR count). The molecular formula is C20H14F2N2O2. The Morgan fingerprint density at radius 3 is 2.00 bits per heavy atom. The van der Waals surface area contributed by atoms with E-state index in [1.54, 1.807) is 36.4 Å². The second-order valence-electron chi connectivity index (χ2n) is 5.48. The summed E-state index contributed by atoms with van der Waals surface area (Å²) in [7, 11) is 0. The summed E-state index contributed by atoms with van der Waals surface area (Å²) in [6.07, 6.45) is 0. The first-order valence-electron chi connectivity index (χ1n) is 7.76. The van der Waals surface area contributed by atoms with Crippen molar-refractivity contribution in [2.45, 2.75) is 0 Å². The Kier molecular flexibility index (Phi) is 5.03. The summed E-state index contributed by atoms with van der Waals surface area (Å²) in [6.45, 7) is 0. The van der Waals surface area contributed by atoms with E-state index in [-0.39, 0.29) is 22.7 Å². The number of hydrogen-bond donors (Lipinski definition) is 2. The number of carbonyl (C=O) groups excluding carboxylic acids is 2. The maximum absolute atomic E-state index is 13.7. The van der Waals surface area contributed by atoms with Crippen LogP contribution in [0.2, 0.25) is 0 Å². The molecule has 0 saturated heterocycles. The molecule has 3 aromatic carbocycles. The van der Waals surface area contributed by atoms with Gasteiger partial charge in [0.05, 0.1) is 5.69 Å². The van der Waals surface area contributed by atoms with Crippen LogP contribution in [0, 0.1) is 11.6 Å². The number of hydrogen-bond acceptors (Lipinski definition) is 2. The van der Waals surface area contributed by atoms with E-state index in [4.69, 9.17) is 0 Å². The third-order valence-electron chi connectivity index (χ3n) is 3.60. The SMILES string of the molecule is O=C(Nc1ccccc1)c1cccc(C(=O)Nc2ccc(F)cc2F)c1. The molecule has 4 nitrogen and oxygen atoms in total. The van der Waals surface area contributed by atoms with Crippen molar-refractivity contribution in [1.82, 2.24) is 0 Å². The van der Waals surface area contributed by atoms with E-state index in [1.165, 1.54) is 12.1 Å². The molecule has 0 atom stereocenters. The number of para-hydroxylation sites is 1. The van der Waals surface area contributed by atoms with Crippen molar-refractivity contribution in [3.8, 4) is 0 Å². The number of amides is 2. The average molecular weight is 352 g/mol. The van der Waals surface area contributed by atoms with Crippen molar-refractivity contribution in [2.24, 2.45) is 0 Å². The highest BCUT2D eigenvalue weighted by Crippen LogP contribution is 2.17. The first-order chi connectivity index (χ1) is 12.5. The molecule has 0 aliphatic rings. The maximum atomic E-state index is 13.7. The zero-order valence-corrected chi connectivity index (χ0v) is 13.5. The first-order valence-corrected chi connectivity index (χ1v) is 7.76. The highest BCUT2D eigenvalue weighted by atomic mass is 19.1. The molecular weight excluding hydrogens is 338 g/mol. The fourth-order valence-corrected chi connectivity index (χ4v) is 2.31. The molecule has 0 fully saturated rings. The van der Waals surface area contributed by atoms with E-state index in [0.29, 0.717) is 11.8 Å². The predicted molar refractivity (Wildman–Crippen MR) is 95.1 cm³/mol. The third-order valence-corrected chi connectivity index (χ3v) is 3.60. The van der Waals surface area contributed by atoms with Gasteiger partial charge in [-0.25, -0.2) is 8.78 Å². The second kappa shape index (κ2) is 7.57. The topological polar surface area (TPSA) is 58.2 Å². The van der Waals surface area contributed by atoms with Gasteiger partial charge in [-0.2, -0.15) is 0 Å². The van der Waals surface area contributed by atoms with Crippen LogP contribution in [-0.2, 0) is 0 Å². The second-order valence-corrected chi connectivity index (χ2v) is 5.48. The van der Waals surface area contributed by atoms with Crippen molar-refractivity contribution >= 4 is 23.2 Å². The Morgan fingerprint density at radius 2 is 1.35 bits per heavy atom. The Bertz CT molecular complexity index is 959. The molecule has 2 amide bonds. The molecule has 2 N–H and O–H groups in total. The fraction of sp³-hybridized carbons (Fsp3) is 0. The van der Waals surface area contributed by atoms with Crippen molar-refractivity contribution < 1.29 is 18.4 Å². The number of halogens is 2. The van der Waals surface area contributed by atoms with Crippen molar-refractivity contribution in [3.63, 3.8) is 0 Å². The monoisotopic (exact) mass is 352 g/mol. The molecule has 3 aromatic rings. The van der Waals surface area contributed by atoms with Crippen molar-refractivity contribution in [2.75, 3.05) is 10.6 Å². The molecule has 0 radical (unpaired) electrons. The smallest absolute Gasteiger partial charge is 0.255 e. The van der Waals surface area contributed by atoms with E-state index in [0.717, 1.165) is 12.1 Å². The molecule has 0 aliphatic heterocycles. The van der Waals surface area contributed by atoms with Crippen LogP contribution in [0.3, 0.4) is 0 Å². The van der Waals surface area contributed by atoms with Crippen LogP contribution in [0.4, 0.5) is 20.2 Å². The van der Waals surface area contributed by atoms with Gasteiger partial charge in [0.1, 0.15) is 11.6 Å². The number of benzene rings is 3. The minimum atomic E-state index is -0.878. The number of carbonyl (C=O) groups is 2. The molecule has 0 unspecified atom stereocenters. The molecule has 26 heavy (non-hydrogen) atoms. The lowest BCUT2D eigenvalue weighted by atomic mass is 10.1. The fourth-order valence-electron chi connectivity index (χ4n) is 2.31. The molecule has 0 heterocycles. The summed E-state index contributed by atoms with van der Waals surface area (Å²) < 4.78 is 26.6. The van der Waals surface area contributed by atoms with Gasteiger partial charge in [0, 0.05) is 22.9 Å². The molecule has 0 aromatic heterocycles. The summed E-state index contributed by atoms with van der Waals surface area (Å²) in [5.41, 5.74) is 0.937. The summed E-state index contributed by atoms with van der Waals surface area (Å²) in [4.78, 5) is 24.6. The van der Waals surface area contributed by atoms with E-state index in [1.807, 2.05) is 6.07 Å². The predicted octanol–water partition coefficient (Wildman–Crippen LogP) is 4.47. The molecule has 130 valence electrons. The van der Waals surface area contributed by atoms with Gasteiger partial charge in [-0.15, -0.1) is 0 Å². The molecule has 6 heteroatoms. The van der Waals surface area contributed by atoms with Crippen molar-refractivity contribution in [3.05, 3.63) is 95.6 Å². The van der Waals surface area contributed by atoms with Crippen LogP contribution >= 0.6 is 0 Å². The highest BCUT2D eigenvalue weighted by molar-refractivity contribution is 6.08. The van der Waals surface area contributed by atoms with Crippen LogP contribution in [0.15, 0.2) is 72.8 Å². The standard InChI is InChI=1S/C20H14F2N2O2/c21-15-9-10-18(17(22)12-15)24-20(26)14-6-4-5-13(11-14)19(25)23-16-7-2-1-3-8-16/h1-12H,(H,23,25)(H,24,26). The number of anilines is 2. The van der Waals surface area contributed by atoms with Gasteiger partial charge in [-0.1, -0.05) is 24.3 Å². The minimum Gasteiger partial charge on any atom is -0.322 e. The van der Waals surface area contributed by atoms with Gasteiger partial charge >= 0.3 is 0 Å². The molecule has 0 spiro atoms. The Balaban J connectivity index is 1.76. The highest BCUT2D eigenvalue weighted by Gasteiger charge is 2.13. The van der Waals surface area contributed by atoms with Crippen LogP contribution in [0.5, 0.6) is 0 Å². The normalized spacial score (nSPS) is 10.2. The number of nitrogens with one attached hydrogen (secondary N) is 2. The molecule has 0 saturated carbocycles. The minimum absolute atomic E-state index is 0.143. The lowest BCUT2D eigenvalue weighted by molar-refractivity contribution is 0.102. The van der Waals surface area contributed by atoms with Gasteiger partial charge in [-0.3, -0.25) is 9.59 Å².